The van der Waals surface area contributed by atoms with Crippen molar-refractivity contribution >= 4 is 38.8 Å². The molecule has 1 aromatic rings. The van der Waals surface area contributed by atoms with Crippen LogP contribution in [0.2, 0.25) is 0 Å². The quantitative estimate of drug-likeness (QED) is 0.472. The summed E-state index contributed by atoms with van der Waals surface area (Å²) in [5.41, 5.74) is 1.02. The standard InChI is InChI=1S/C11H12BrClN.ClHO4/c1-14(2)8-7-11(13)9-3-5-10(12)6-4-9;2-1(3,4)5/h3-8H,1-2H3;(H,2,3,4,5)/q+1;/p-1/b11-7+;. The lowest BCUT2D eigenvalue weighted by Gasteiger charge is -2.17. The van der Waals surface area contributed by atoms with E-state index in [4.69, 9.17) is 30.2 Å². The van der Waals surface area contributed by atoms with Gasteiger partial charge < -0.3 is 0 Å². The molecule has 1 rings (SSSR count). The van der Waals surface area contributed by atoms with Gasteiger partial charge in [-0.3, -0.25) is 0 Å². The predicted octanol–water partition coefficient (Wildman–Crippen LogP) is -1.38. The van der Waals surface area contributed by atoms with Crippen LogP contribution in [0.4, 0.5) is 0 Å². The fourth-order valence-electron chi connectivity index (χ4n) is 0.920. The molecule has 0 unspecified atom stereocenters. The van der Waals surface area contributed by atoms with Gasteiger partial charge in [-0.2, -0.15) is 0 Å². The van der Waals surface area contributed by atoms with Crippen LogP contribution in [0.15, 0.2) is 34.8 Å². The van der Waals surface area contributed by atoms with E-state index in [9.17, 15) is 0 Å². The van der Waals surface area contributed by atoms with Crippen LogP contribution in [0.25, 0.3) is 5.03 Å². The number of rotatable bonds is 2. The Labute approximate surface area is 126 Å². The zero-order valence-corrected chi connectivity index (χ0v) is 13.3. The van der Waals surface area contributed by atoms with Crippen molar-refractivity contribution in [1.29, 1.82) is 0 Å². The number of hydrogen-bond donors (Lipinski definition) is 0. The minimum absolute atomic E-state index is 0.742. The van der Waals surface area contributed by atoms with E-state index in [1.54, 1.807) is 0 Å². The third-order valence-electron chi connectivity index (χ3n) is 1.64. The maximum absolute atomic E-state index is 8.49. The van der Waals surface area contributed by atoms with Gasteiger partial charge in [0, 0.05) is 10.5 Å². The molecule has 0 aliphatic carbocycles. The second-order valence-corrected chi connectivity index (χ2v) is 5.59. The lowest BCUT2D eigenvalue weighted by molar-refractivity contribution is -2.00. The van der Waals surface area contributed by atoms with Crippen LogP contribution < -0.4 is 18.6 Å². The maximum atomic E-state index is 8.49. The van der Waals surface area contributed by atoms with Crippen molar-refractivity contribution in [1.82, 2.24) is 0 Å². The molecule has 0 saturated heterocycles. The molecular weight excluding hydrogens is 361 g/mol. The first-order valence-corrected chi connectivity index (χ1v) is 7.25. The van der Waals surface area contributed by atoms with Crippen LogP contribution in [-0.2, 0) is 0 Å². The highest BCUT2D eigenvalue weighted by molar-refractivity contribution is 9.10. The van der Waals surface area contributed by atoms with Crippen LogP contribution in [-0.4, -0.2) is 24.9 Å². The number of nitrogens with zero attached hydrogens (tertiary/aromatic N) is 1. The topological polar surface area (TPSA) is 95.2 Å². The molecule has 8 heteroatoms. The zero-order valence-electron chi connectivity index (χ0n) is 10.2. The number of allylic oxidation sites excluding steroid dienone is 1. The van der Waals surface area contributed by atoms with Crippen molar-refractivity contribution < 1.29 is 33.5 Å². The first-order chi connectivity index (χ1) is 8.59. The fraction of sp³-hybridized carbons (Fsp3) is 0.182. The van der Waals surface area contributed by atoms with Crippen molar-refractivity contribution in [2.45, 2.75) is 0 Å². The lowest BCUT2D eigenvalue weighted by Crippen LogP contribution is -2.68. The minimum Gasteiger partial charge on any atom is -0.241 e. The van der Waals surface area contributed by atoms with Crippen LogP contribution in [0.3, 0.4) is 0 Å². The molecule has 5 nitrogen and oxygen atoms in total. The molecule has 0 fully saturated rings. The summed E-state index contributed by atoms with van der Waals surface area (Å²) in [6.45, 7) is 0. The zero-order chi connectivity index (χ0) is 15.1. The second-order valence-electron chi connectivity index (χ2n) is 3.51. The Hall–Kier alpha value is -0.470. The Bertz CT molecular complexity index is 445. The predicted molar refractivity (Wildman–Crippen MR) is 66.1 cm³/mol. The van der Waals surface area contributed by atoms with E-state index in [1.807, 2.05) is 55.2 Å². The minimum atomic E-state index is -4.94. The first-order valence-electron chi connectivity index (χ1n) is 4.84. The normalized spacial score (nSPS) is 11.5. The smallest absolute Gasteiger partial charge is 0.164 e. The summed E-state index contributed by atoms with van der Waals surface area (Å²) in [6.07, 6.45) is 3.80. The molecule has 0 atom stereocenters. The van der Waals surface area contributed by atoms with Gasteiger partial charge in [-0.15, -0.1) is 10.2 Å². The molecule has 0 aliphatic heterocycles. The van der Waals surface area contributed by atoms with Crippen molar-refractivity contribution in [3.63, 3.8) is 0 Å². The maximum Gasteiger partial charge on any atom is 0.164 e. The summed E-state index contributed by atoms with van der Waals surface area (Å²) in [7, 11) is -1.02. The summed E-state index contributed by atoms with van der Waals surface area (Å²) in [5.74, 6) is 0. The van der Waals surface area contributed by atoms with Gasteiger partial charge in [-0.1, -0.05) is 39.7 Å². The van der Waals surface area contributed by atoms with Crippen molar-refractivity contribution in [2.75, 3.05) is 14.1 Å². The van der Waals surface area contributed by atoms with E-state index in [-0.39, 0.29) is 0 Å². The van der Waals surface area contributed by atoms with Gasteiger partial charge >= 0.3 is 0 Å². The highest BCUT2D eigenvalue weighted by Crippen LogP contribution is 2.20. The van der Waals surface area contributed by atoms with Gasteiger partial charge in [-0.25, -0.2) is 23.2 Å². The fourth-order valence-corrected chi connectivity index (χ4v) is 1.37. The Morgan fingerprint density at radius 3 is 1.95 bits per heavy atom. The molecule has 0 bridgehead atoms. The van der Waals surface area contributed by atoms with Crippen LogP contribution in [0, 0.1) is 10.2 Å². The lowest BCUT2D eigenvalue weighted by atomic mass is 10.2. The van der Waals surface area contributed by atoms with Crippen LogP contribution in [0.1, 0.15) is 5.56 Å². The Balaban J connectivity index is 0.000000555. The summed E-state index contributed by atoms with van der Waals surface area (Å²) >= 11 is 9.47. The third-order valence-corrected chi connectivity index (χ3v) is 2.51. The molecule has 1 aromatic carbocycles. The van der Waals surface area contributed by atoms with Crippen LogP contribution in [0.5, 0.6) is 0 Å². The molecule has 0 aromatic heterocycles. The molecule has 0 saturated carbocycles. The van der Waals surface area contributed by atoms with Crippen LogP contribution >= 0.6 is 27.5 Å². The van der Waals surface area contributed by atoms with E-state index < -0.39 is 10.2 Å². The Morgan fingerprint density at radius 1 is 1.16 bits per heavy atom. The highest BCUT2D eigenvalue weighted by Gasteiger charge is 1.97. The molecular formula is C11H12BrCl2NO4. The van der Waals surface area contributed by atoms with E-state index in [0.29, 0.717) is 0 Å². The molecule has 0 radical (unpaired) electrons. The number of halogens is 3. The summed E-state index contributed by atoms with van der Waals surface area (Å²) in [6, 6.07) is 7.90. The number of hydrogen-bond acceptors (Lipinski definition) is 4. The monoisotopic (exact) mass is 371 g/mol. The average Bonchev–Trinajstić information content (AvgIpc) is 2.24. The van der Waals surface area contributed by atoms with Crippen molar-refractivity contribution in [2.24, 2.45) is 0 Å². The first kappa shape index (κ1) is 18.5. The van der Waals surface area contributed by atoms with E-state index in [2.05, 4.69) is 15.9 Å². The van der Waals surface area contributed by atoms with E-state index in [0.717, 1.165) is 15.1 Å². The molecule has 0 heterocycles. The van der Waals surface area contributed by atoms with Gasteiger partial charge in [0.15, 0.2) is 6.21 Å². The molecule has 19 heavy (non-hydrogen) atoms. The van der Waals surface area contributed by atoms with Crippen molar-refractivity contribution in [3.05, 3.63) is 40.4 Å². The van der Waals surface area contributed by atoms with Gasteiger partial charge in [0.2, 0.25) is 0 Å². The summed E-state index contributed by atoms with van der Waals surface area (Å²) < 4.78 is 37.0. The third kappa shape index (κ3) is 12.3. The summed E-state index contributed by atoms with van der Waals surface area (Å²) in [5, 5.41) is 0.742. The van der Waals surface area contributed by atoms with E-state index >= 15 is 0 Å². The van der Waals surface area contributed by atoms with Gasteiger partial charge in [0.25, 0.3) is 0 Å². The SMILES string of the molecule is C[N+](C)=C/C=C(/Cl)c1ccc(Br)cc1.[O-][Cl+3]([O-])([O-])[O-]. The Morgan fingerprint density at radius 2 is 1.58 bits per heavy atom. The Kier molecular flexibility index (Phi) is 8.44. The average molecular weight is 373 g/mol. The molecule has 0 spiro atoms. The summed E-state index contributed by atoms with van der Waals surface area (Å²) in [4.78, 5) is 0. The second kappa shape index (κ2) is 8.65. The van der Waals surface area contributed by atoms with E-state index in [1.165, 1.54) is 0 Å². The largest absolute Gasteiger partial charge is 0.241 e. The van der Waals surface area contributed by atoms with Gasteiger partial charge in [0.05, 0.1) is 5.03 Å². The number of benzene rings is 1. The molecule has 0 N–H and O–H groups in total. The molecule has 106 valence electrons. The van der Waals surface area contributed by atoms with Gasteiger partial charge in [-0.05, 0) is 17.7 Å². The molecule has 0 amide bonds. The highest BCUT2D eigenvalue weighted by atomic mass is 79.9. The van der Waals surface area contributed by atoms with Crippen molar-refractivity contribution in [3.8, 4) is 0 Å². The van der Waals surface area contributed by atoms with Gasteiger partial charge in [0.1, 0.15) is 14.1 Å². The molecule has 0 aliphatic rings.